The van der Waals surface area contributed by atoms with E-state index in [0.29, 0.717) is 17.9 Å². The lowest BCUT2D eigenvalue weighted by Crippen LogP contribution is -1.98. The summed E-state index contributed by atoms with van der Waals surface area (Å²) < 4.78 is 18.9. The Kier molecular flexibility index (Phi) is 4.17. The molecule has 2 rings (SSSR count). The molecular formula is C16H17FO2. The summed E-state index contributed by atoms with van der Waals surface area (Å²) >= 11 is 0. The number of aryl methyl sites for hydroxylation is 2. The van der Waals surface area contributed by atoms with E-state index in [2.05, 4.69) is 6.07 Å². The molecule has 0 saturated heterocycles. The monoisotopic (exact) mass is 260 g/mol. The van der Waals surface area contributed by atoms with E-state index in [4.69, 9.17) is 9.84 Å². The highest BCUT2D eigenvalue weighted by molar-refractivity contribution is 5.31. The molecule has 0 saturated carbocycles. The Morgan fingerprint density at radius 3 is 2.26 bits per heavy atom. The van der Waals surface area contributed by atoms with Crippen LogP contribution in [-0.2, 0) is 13.2 Å². The summed E-state index contributed by atoms with van der Waals surface area (Å²) in [6, 6.07) is 10.4. The Hall–Kier alpha value is -1.87. The summed E-state index contributed by atoms with van der Waals surface area (Å²) in [7, 11) is 0. The molecule has 3 heteroatoms. The van der Waals surface area contributed by atoms with Crippen molar-refractivity contribution in [3.63, 3.8) is 0 Å². The summed E-state index contributed by atoms with van der Waals surface area (Å²) in [5, 5.41) is 9.02. The second-order valence-electron chi connectivity index (χ2n) is 4.74. The van der Waals surface area contributed by atoms with Gasteiger partial charge in [0.2, 0.25) is 0 Å². The molecule has 0 spiro atoms. The smallest absolute Gasteiger partial charge is 0.127 e. The maximum Gasteiger partial charge on any atom is 0.127 e. The van der Waals surface area contributed by atoms with Crippen molar-refractivity contribution in [2.75, 3.05) is 0 Å². The fourth-order valence-corrected chi connectivity index (χ4v) is 2.11. The zero-order chi connectivity index (χ0) is 13.8. The first kappa shape index (κ1) is 13.6. The van der Waals surface area contributed by atoms with Crippen LogP contribution in [0.15, 0.2) is 36.4 Å². The van der Waals surface area contributed by atoms with Crippen LogP contribution in [0.25, 0.3) is 0 Å². The fraction of sp³-hybridized carbons (Fsp3) is 0.250. The van der Waals surface area contributed by atoms with Gasteiger partial charge in [-0.3, -0.25) is 0 Å². The third-order valence-corrected chi connectivity index (χ3v) is 2.80. The molecule has 2 aromatic rings. The molecule has 0 bridgehead atoms. The molecule has 19 heavy (non-hydrogen) atoms. The molecule has 0 amide bonds. The summed E-state index contributed by atoms with van der Waals surface area (Å²) in [6.07, 6.45) is 0. The molecule has 2 aromatic carbocycles. The Bertz CT molecular complexity index is 559. The number of rotatable bonds is 4. The van der Waals surface area contributed by atoms with Crippen LogP contribution in [0.3, 0.4) is 0 Å². The van der Waals surface area contributed by atoms with Crippen LogP contribution in [-0.4, -0.2) is 5.11 Å². The zero-order valence-corrected chi connectivity index (χ0v) is 11.1. The number of ether oxygens (including phenoxy) is 1. The van der Waals surface area contributed by atoms with Gasteiger partial charge in [0, 0.05) is 6.07 Å². The van der Waals surface area contributed by atoms with Gasteiger partial charge in [-0.15, -0.1) is 0 Å². The number of halogens is 1. The third-order valence-electron chi connectivity index (χ3n) is 2.80. The van der Waals surface area contributed by atoms with Crippen LogP contribution in [0.4, 0.5) is 4.39 Å². The van der Waals surface area contributed by atoms with Gasteiger partial charge < -0.3 is 9.84 Å². The minimum absolute atomic E-state index is 0.197. The fourth-order valence-electron chi connectivity index (χ4n) is 2.11. The lowest BCUT2D eigenvalue weighted by Gasteiger charge is -2.09. The first-order valence-corrected chi connectivity index (χ1v) is 6.17. The van der Waals surface area contributed by atoms with Crippen molar-refractivity contribution in [3.05, 3.63) is 64.5 Å². The van der Waals surface area contributed by atoms with Crippen molar-refractivity contribution in [2.45, 2.75) is 27.1 Å². The molecule has 0 aromatic heterocycles. The van der Waals surface area contributed by atoms with Crippen molar-refractivity contribution >= 4 is 0 Å². The molecule has 0 aliphatic heterocycles. The second kappa shape index (κ2) is 5.85. The maximum absolute atomic E-state index is 13.3. The predicted octanol–water partition coefficient (Wildman–Crippen LogP) is 3.51. The first-order valence-electron chi connectivity index (χ1n) is 6.17. The van der Waals surface area contributed by atoms with Gasteiger partial charge in [0.05, 0.1) is 6.61 Å². The molecule has 0 aliphatic rings. The van der Waals surface area contributed by atoms with Crippen LogP contribution in [0.1, 0.15) is 22.3 Å². The van der Waals surface area contributed by atoms with E-state index in [1.54, 1.807) is 6.07 Å². The van der Waals surface area contributed by atoms with Crippen LogP contribution in [0.5, 0.6) is 5.75 Å². The first-order chi connectivity index (χ1) is 9.06. The summed E-state index contributed by atoms with van der Waals surface area (Å²) in [5.41, 5.74) is 3.91. The van der Waals surface area contributed by atoms with Crippen molar-refractivity contribution in [3.8, 4) is 5.75 Å². The van der Waals surface area contributed by atoms with Gasteiger partial charge in [-0.25, -0.2) is 4.39 Å². The SMILES string of the molecule is Cc1cc(C)cc(COc2cc(F)cc(CO)c2)c1. The van der Waals surface area contributed by atoms with E-state index in [9.17, 15) is 4.39 Å². The largest absolute Gasteiger partial charge is 0.489 e. The number of hydrogen-bond donors (Lipinski definition) is 1. The minimum atomic E-state index is -0.401. The molecule has 2 nitrogen and oxygen atoms in total. The van der Waals surface area contributed by atoms with Gasteiger partial charge in [-0.05, 0) is 37.1 Å². The number of hydrogen-bond acceptors (Lipinski definition) is 2. The van der Waals surface area contributed by atoms with Gasteiger partial charge in [-0.1, -0.05) is 29.3 Å². The summed E-state index contributed by atoms with van der Waals surface area (Å²) in [5.74, 6) is 0.0326. The van der Waals surface area contributed by atoms with Gasteiger partial charge in [-0.2, -0.15) is 0 Å². The Labute approximate surface area is 112 Å². The molecule has 0 radical (unpaired) electrons. The van der Waals surface area contributed by atoms with E-state index < -0.39 is 5.82 Å². The molecular weight excluding hydrogens is 243 g/mol. The van der Waals surface area contributed by atoms with Gasteiger partial charge in [0.1, 0.15) is 18.2 Å². The lowest BCUT2D eigenvalue weighted by molar-refractivity contribution is 0.276. The van der Waals surface area contributed by atoms with E-state index in [1.165, 1.54) is 23.3 Å². The Balaban J connectivity index is 2.11. The zero-order valence-electron chi connectivity index (χ0n) is 11.1. The van der Waals surface area contributed by atoms with Gasteiger partial charge >= 0.3 is 0 Å². The number of aliphatic hydroxyl groups is 1. The molecule has 0 unspecified atom stereocenters. The van der Waals surface area contributed by atoms with Gasteiger partial charge in [0.15, 0.2) is 0 Å². The number of benzene rings is 2. The van der Waals surface area contributed by atoms with Crippen molar-refractivity contribution < 1.29 is 14.2 Å². The normalized spacial score (nSPS) is 10.5. The molecule has 0 heterocycles. The predicted molar refractivity (Wildman–Crippen MR) is 72.6 cm³/mol. The molecule has 100 valence electrons. The molecule has 0 aliphatic carbocycles. The summed E-state index contributed by atoms with van der Waals surface area (Å²) in [6.45, 7) is 4.25. The topological polar surface area (TPSA) is 29.5 Å². The minimum Gasteiger partial charge on any atom is -0.489 e. The molecule has 0 fully saturated rings. The molecule has 0 atom stereocenters. The Morgan fingerprint density at radius 2 is 1.63 bits per heavy atom. The average molecular weight is 260 g/mol. The third kappa shape index (κ3) is 3.80. The van der Waals surface area contributed by atoms with Crippen LogP contribution < -0.4 is 4.74 Å². The lowest BCUT2D eigenvalue weighted by atomic mass is 10.1. The standard InChI is InChI=1S/C16H17FO2/c1-11-3-12(2)5-14(4-11)10-19-16-7-13(9-18)6-15(17)8-16/h3-8,18H,9-10H2,1-2H3. The average Bonchev–Trinajstić information content (AvgIpc) is 2.34. The van der Waals surface area contributed by atoms with Crippen molar-refractivity contribution in [2.24, 2.45) is 0 Å². The quantitative estimate of drug-likeness (QED) is 0.911. The highest BCUT2D eigenvalue weighted by Crippen LogP contribution is 2.18. The number of aliphatic hydroxyl groups excluding tert-OH is 1. The van der Waals surface area contributed by atoms with E-state index in [0.717, 1.165) is 5.56 Å². The highest BCUT2D eigenvalue weighted by Gasteiger charge is 2.03. The van der Waals surface area contributed by atoms with Gasteiger partial charge in [0.25, 0.3) is 0 Å². The summed E-state index contributed by atoms with van der Waals surface area (Å²) in [4.78, 5) is 0. The molecule has 1 N–H and O–H groups in total. The van der Waals surface area contributed by atoms with Crippen LogP contribution in [0, 0.1) is 19.7 Å². The van der Waals surface area contributed by atoms with Crippen LogP contribution >= 0.6 is 0 Å². The Morgan fingerprint density at radius 1 is 0.947 bits per heavy atom. The van der Waals surface area contributed by atoms with Crippen LogP contribution in [0.2, 0.25) is 0 Å². The van der Waals surface area contributed by atoms with E-state index >= 15 is 0 Å². The maximum atomic E-state index is 13.3. The van der Waals surface area contributed by atoms with E-state index in [-0.39, 0.29) is 6.61 Å². The highest BCUT2D eigenvalue weighted by atomic mass is 19.1. The van der Waals surface area contributed by atoms with E-state index in [1.807, 2.05) is 26.0 Å². The van der Waals surface area contributed by atoms with Crippen molar-refractivity contribution in [1.82, 2.24) is 0 Å². The van der Waals surface area contributed by atoms with Crippen molar-refractivity contribution in [1.29, 1.82) is 0 Å². The second-order valence-corrected chi connectivity index (χ2v) is 4.74.